The largest absolute Gasteiger partial charge is 0.463 e. The number of nitrogens with zero attached hydrogens (tertiary/aromatic N) is 1. The van der Waals surface area contributed by atoms with Gasteiger partial charge in [-0.2, -0.15) is 0 Å². The highest BCUT2D eigenvalue weighted by molar-refractivity contribution is 6.28. The van der Waals surface area contributed by atoms with Gasteiger partial charge in [0.15, 0.2) is 11.0 Å². The van der Waals surface area contributed by atoms with Crippen molar-refractivity contribution in [3.63, 3.8) is 0 Å². The van der Waals surface area contributed by atoms with E-state index in [-0.39, 0.29) is 11.9 Å². The molecular formula is C13H11ClN2O3. The van der Waals surface area contributed by atoms with Crippen LogP contribution in [0.5, 0.6) is 0 Å². The van der Waals surface area contributed by atoms with Gasteiger partial charge in [-0.15, -0.1) is 0 Å². The molecule has 5 nitrogen and oxygen atoms in total. The van der Waals surface area contributed by atoms with Crippen LogP contribution in [0, 0.1) is 0 Å². The average Bonchev–Trinajstić information content (AvgIpc) is 3.07. The van der Waals surface area contributed by atoms with E-state index >= 15 is 0 Å². The quantitative estimate of drug-likeness (QED) is 0.917. The molecule has 0 aliphatic carbocycles. The second kappa shape index (κ2) is 4.51. The minimum Gasteiger partial charge on any atom is -0.463 e. The predicted molar refractivity (Wildman–Crippen MR) is 68.8 cm³/mol. The molecular weight excluding hydrogens is 268 g/mol. The summed E-state index contributed by atoms with van der Waals surface area (Å²) < 4.78 is 10.7. The molecule has 98 valence electrons. The number of carbonyl (C=O) groups is 1. The van der Waals surface area contributed by atoms with E-state index in [2.05, 4.69) is 5.43 Å². The van der Waals surface area contributed by atoms with Crippen molar-refractivity contribution in [3.05, 3.63) is 53.3 Å². The molecule has 3 rings (SSSR count). The second-order valence-electron chi connectivity index (χ2n) is 4.15. The lowest BCUT2D eigenvalue weighted by molar-refractivity contribution is -0.132. The molecule has 0 saturated heterocycles. The van der Waals surface area contributed by atoms with Crippen LogP contribution in [-0.4, -0.2) is 10.9 Å². The van der Waals surface area contributed by atoms with E-state index in [0.717, 1.165) is 5.70 Å². The summed E-state index contributed by atoms with van der Waals surface area (Å²) >= 11 is 5.77. The van der Waals surface area contributed by atoms with E-state index in [9.17, 15) is 4.79 Å². The lowest BCUT2D eigenvalue weighted by atomic mass is 10.2. The maximum atomic E-state index is 11.7. The molecule has 2 aromatic heterocycles. The Balaban J connectivity index is 1.97. The Hall–Kier alpha value is -2.14. The summed E-state index contributed by atoms with van der Waals surface area (Å²) in [7, 11) is 0. The predicted octanol–water partition coefficient (Wildman–Crippen LogP) is 2.97. The molecule has 1 aliphatic rings. The van der Waals surface area contributed by atoms with Crippen LogP contribution >= 0.6 is 11.6 Å². The zero-order valence-electron chi connectivity index (χ0n) is 10.1. The van der Waals surface area contributed by atoms with E-state index in [4.69, 9.17) is 20.4 Å². The smallest absolute Gasteiger partial charge is 0.238 e. The Labute approximate surface area is 114 Å². The minimum atomic E-state index is -0.343. The molecule has 0 aromatic carbocycles. The Morgan fingerprint density at radius 1 is 1.42 bits per heavy atom. The first kappa shape index (κ1) is 11.9. The molecule has 6 heteroatoms. The fraction of sp³-hybridized carbons (Fsp3) is 0.154. The zero-order chi connectivity index (χ0) is 13.4. The third-order valence-corrected chi connectivity index (χ3v) is 3.06. The Morgan fingerprint density at radius 3 is 2.84 bits per heavy atom. The fourth-order valence-electron chi connectivity index (χ4n) is 2.01. The summed E-state index contributed by atoms with van der Waals surface area (Å²) in [5, 5.41) is 1.76. The molecule has 0 saturated carbocycles. The summed E-state index contributed by atoms with van der Waals surface area (Å²) in [5.74, 6) is 1.12. The third-order valence-electron chi connectivity index (χ3n) is 2.85. The van der Waals surface area contributed by atoms with Gasteiger partial charge in [-0.25, -0.2) is 5.01 Å². The summed E-state index contributed by atoms with van der Waals surface area (Å²) in [6, 6.07) is 6.65. The first-order valence-corrected chi connectivity index (χ1v) is 6.10. The van der Waals surface area contributed by atoms with E-state index in [1.165, 1.54) is 11.9 Å². The van der Waals surface area contributed by atoms with Gasteiger partial charge in [0.25, 0.3) is 0 Å². The number of hydrogen-bond acceptors (Lipinski definition) is 4. The molecule has 1 atom stereocenters. The van der Waals surface area contributed by atoms with Crippen molar-refractivity contribution in [2.24, 2.45) is 0 Å². The minimum absolute atomic E-state index is 0.129. The lowest BCUT2D eigenvalue weighted by Crippen LogP contribution is -2.37. The van der Waals surface area contributed by atoms with E-state index in [1.807, 2.05) is 12.1 Å². The van der Waals surface area contributed by atoms with Gasteiger partial charge in [0.2, 0.25) is 5.91 Å². The van der Waals surface area contributed by atoms with Gasteiger partial charge in [0.05, 0.1) is 12.0 Å². The van der Waals surface area contributed by atoms with Gasteiger partial charge in [-0.05, 0) is 41.9 Å². The highest BCUT2D eigenvalue weighted by Gasteiger charge is 2.31. The number of nitrogens with one attached hydrogen (secondary N) is 1. The van der Waals surface area contributed by atoms with Gasteiger partial charge in [0.1, 0.15) is 11.8 Å². The normalized spacial score (nSPS) is 18.3. The molecule has 0 unspecified atom stereocenters. The van der Waals surface area contributed by atoms with E-state index in [1.54, 1.807) is 24.5 Å². The van der Waals surface area contributed by atoms with Gasteiger partial charge in [0, 0.05) is 6.92 Å². The van der Waals surface area contributed by atoms with Crippen LogP contribution in [0.15, 0.2) is 45.4 Å². The van der Waals surface area contributed by atoms with Crippen molar-refractivity contribution >= 4 is 23.2 Å². The lowest BCUT2D eigenvalue weighted by Gasteiger charge is -2.21. The second-order valence-corrected chi connectivity index (χ2v) is 4.52. The molecule has 1 amide bonds. The molecule has 0 bridgehead atoms. The van der Waals surface area contributed by atoms with E-state index in [0.29, 0.717) is 16.7 Å². The third kappa shape index (κ3) is 2.13. The first-order valence-electron chi connectivity index (χ1n) is 5.72. The monoisotopic (exact) mass is 278 g/mol. The van der Waals surface area contributed by atoms with Crippen molar-refractivity contribution in [1.29, 1.82) is 0 Å². The molecule has 1 aliphatic heterocycles. The van der Waals surface area contributed by atoms with Crippen LogP contribution in [0.4, 0.5) is 0 Å². The average molecular weight is 279 g/mol. The molecule has 0 fully saturated rings. The van der Waals surface area contributed by atoms with Gasteiger partial charge < -0.3 is 8.83 Å². The fourth-order valence-corrected chi connectivity index (χ4v) is 2.16. The summed E-state index contributed by atoms with van der Waals surface area (Å²) in [4.78, 5) is 11.7. The van der Waals surface area contributed by atoms with Gasteiger partial charge >= 0.3 is 0 Å². The molecule has 1 N–H and O–H groups in total. The van der Waals surface area contributed by atoms with E-state index < -0.39 is 0 Å². The molecule has 19 heavy (non-hydrogen) atoms. The highest BCUT2D eigenvalue weighted by Crippen LogP contribution is 2.33. The standard InChI is InChI=1S/C13H11ClN2O3/c1-8(17)16-10(12-4-5-13(14)19-12)7-9(15-16)11-3-2-6-18-11/h2-7,10,15H,1H3/t10-/m0/s1. The van der Waals surface area contributed by atoms with Crippen LogP contribution in [0.3, 0.4) is 0 Å². The van der Waals surface area contributed by atoms with Crippen LogP contribution < -0.4 is 5.43 Å². The van der Waals surface area contributed by atoms with Crippen LogP contribution in [-0.2, 0) is 4.79 Å². The number of furan rings is 2. The number of carbonyl (C=O) groups excluding carboxylic acids is 1. The van der Waals surface area contributed by atoms with Gasteiger partial charge in [-0.3, -0.25) is 10.2 Å². The van der Waals surface area contributed by atoms with Crippen molar-refractivity contribution in [2.75, 3.05) is 0 Å². The van der Waals surface area contributed by atoms with Crippen molar-refractivity contribution in [2.45, 2.75) is 13.0 Å². The topological polar surface area (TPSA) is 58.6 Å². The number of hydrazine groups is 1. The first-order chi connectivity index (χ1) is 9.15. The maximum Gasteiger partial charge on any atom is 0.238 e. The Morgan fingerprint density at radius 2 is 2.26 bits per heavy atom. The molecule has 3 heterocycles. The summed E-state index contributed by atoms with van der Waals surface area (Å²) in [6.45, 7) is 1.48. The summed E-state index contributed by atoms with van der Waals surface area (Å²) in [5.41, 5.74) is 3.72. The molecule has 2 aromatic rings. The zero-order valence-corrected chi connectivity index (χ0v) is 10.8. The van der Waals surface area contributed by atoms with Crippen LogP contribution in [0.2, 0.25) is 5.22 Å². The Kier molecular flexibility index (Phi) is 2.83. The van der Waals surface area contributed by atoms with Crippen molar-refractivity contribution in [1.82, 2.24) is 10.4 Å². The molecule has 0 radical (unpaired) electrons. The molecule has 0 spiro atoms. The number of amides is 1. The van der Waals surface area contributed by atoms with Crippen LogP contribution in [0.1, 0.15) is 24.5 Å². The number of halogens is 1. The highest BCUT2D eigenvalue weighted by atomic mass is 35.5. The SMILES string of the molecule is CC(=O)N1NC(c2ccco2)=C[C@H]1c1ccc(Cl)o1. The number of hydrogen-bond donors (Lipinski definition) is 1. The summed E-state index contributed by atoms with van der Waals surface area (Å²) in [6.07, 6.45) is 3.43. The van der Waals surface area contributed by atoms with Crippen molar-refractivity contribution in [3.8, 4) is 0 Å². The van der Waals surface area contributed by atoms with Crippen molar-refractivity contribution < 1.29 is 13.6 Å². The Bertz CT molecular complexity index is 630. The maximum absolute atomic E-state index is 11.7. The number of rotatable bonds is 2. The van der Waals surface area contributed by atoms with Gasteiger partial charge in [-0.1, -0.05) is 0 Å². The van der Waals surface area contributed by atoms with Crippen LogP contribution in [0.25, 0.3) is 5.70 Å².